The molecule has 6 heteroatoms. The van der Waals surface area contributed by atoms with E-state index in [-0.39, 0.29) is 12.7 Å². The maximum Gasteiger partial charge on any atom is 0.164 e. The molecule has 116 valence electrons. The highest BCUT2D eigenvalue weighted by Gasteiger charge is 2.56. The first kappa shape index (κ1) is 14.9. The second-order valence-corrected chi connectivity index (χ2v) is 5.90. The van der Waals surface area contributed by atoms with Crippen molar-refractivity contribution in [1.82, 2.24) is 5.06 Å². The number of benzene rings is 1. The highest BCUT2D eigenvalue weighted by atomic mass is 16.8. The van der Waals surface area contributed by atoms with Gasteiger partial charge in [0.15, 0.2) is 12.0 Å². The average molecular weight is 295 g/mol. The number of nitrogens with zero attached hydrogens (tertiary/aromatic N) is 1. The van der Waals surface area contributed by atoms with E-state index in [1.165, 1.54) is 0 Å². The molecule has 0 saturated carbocycles. The fourth-order valence-electron chi connectivity index (χ4n) is 2.91. The summed E-state index contributed by atoms with van der Waals surface area (Å²) < 4.78 is 17.3. The highest BCUT2D eigenvalue weighted by Crippen LogP contribution is 2.39. The van der Waals surface area contributed by atoms with Gasteiger partial charge < -0.3 is 24.5 Å². The molecule has 2 fully saturated rings. The van der Waals surface area contributed by atoms with Crippen LogP contribution in [0.3, 0.4) is 0 Å². The Kier molecular flexibility index (Phi) is 4.00. The number of hydrogen-bond acceptors (Lipinski definition) is 6. The second kappa shape index (κ2) is 5.64. The first-order valence-electron chi connectivity index (χ1n) is 7.11. The van der Waals surface area contributed by atoms with Gasteiger partial charge >= 0.3 is 0 Å². The smallest absolute Gasteiger partial charge is 0.164 e. The van der Waals surface area contributed by atoms with Gasteiger partial charge in [0, 0.05) is 0 Å². The summed E-state index contributed by atoms with van der Waals surface area (Å²) in [5, 5.41) is 20.8. The van der Waals surface area contributed by atoms with Gasteiger partial charge in [-0.15, -0.1) is 0 Å². The summed E-state index contributed by atoms with van der Waals surface area (Å²) in [6.07, 6.45) is -1.95. The van der Waals surface area contributed by atoms with Gasteiger partial charge in [0.05, 0.1) is 13.2 Å². The highest BCUT2D eigenvalue weighted by molar-refractivity contribution is 5.14. The van der Waals surface area contributed by atoms with Gasteiger partial charge in [-0.2, -0.15) is 5.06 Å². The third-order valence-electron chi connectivity index (χ3n) is 3.79. The zero-order valence-corrected chi connectivity index (χ0v) is 12.2. The predicted molar refractivity (Wildman–Crippen MR) is 73.3 cm³/mol. The zero-order valence-electron chi connectivity index (χ0n) is 12.2. The minimum atomic E-state index is -0.738. The van der Waals surface area contributed by atoms with E-state index in [2.05, 4.69) is 0 Å². The third-order valence-corrected chi connectivity index (χ3v) is 3.79. The van der Waals surface area contributed by atoms with Crippen LogP contribution in [0, 0.1) is 0 Å². The van der Waals surface area contributed by atoms with Crippen LogP contribution in [0.5, 0.6) is 0 Å². The SMILES string of the molecule is CC1(C)O[C@@H]2[C@@H](CO)OC(N(O)Cc3ccccc3)[C@@H]2O1. The van der Waals surface area contributed by atoms with E-state index in [0.29, 0.717) is 6.54 Å². The van der Waals surface area contributed by atoms with Crippen LogP contribution >= 0.6 is 0 Å². The number of fused-ring (bicyclic) bond motifs is 1. The van der Waals surface area contributed by atoms with Crippen molar-refractivity contribution in [1.29, 1.82) is 0 Å². The van der Waals surface area contributed by atoms with Crippen LogP contribution in [0.2, 0.25) is 0 Å². The number of rotatable bonds is 4. The summed E-state index contributed by atoms with van der Waals surface area (Å²) in [6, 6.07) is 9.60. The summed E-state index contributed by atoms with van der Waals surface area (Å²) in [6.45, 7) is 3.78. The van der Waals surface area contributed by atoms with Crippen molar-refractivity contribution >= 4 is 0 Å². The van der Waals surface area contributed by atoms with Crippen LogP contribution < -0.4 is 0 Å². The molecule has 21 heavy (non-hydrogen) atoms. The van der Waals surface area contributed by atoms with Gasteiger partial charge in [-0.05, 0) is 19.4 Å². The average Bonchev–Trinajstić information content (AvgIpc) is 2.92. The molecule has 1 aromatic rings. The molecule has 2 N–H and O–H groups in total. The van der Waals surface area contributed by atoms with Gasteiger partial charge in [0.2, 0.25) is 0 Å². The van der Waals surface area contributed by atoms with Crippen LogP contribution in [0.4, 0.5) is 0 Å². The Labute approximate surface area is 123 Å². The Morgan fingerprint density at radius 2 is 1.81 bits per heavy atom. The maximum absolute atomic E-state index is 10.3. The lowest BCUT2D eigenvalue weighted by molar-refractivity contribution is -0.267. The molecule has 4 atom stereocenters. The molecule has 6 nitrogen and oxygen atoms in total. The van der Waals surface area contributed by atoms with Crippen molar-refractivity contribution in [2.75, 3.05) is 6.61 Å². The largest absolute Gasteiger partial charge is 0.394 e. The Bertz CT molecular complexity index is 480. The Morgan fingerprint density at radius 1 is 1.14 bits per heavy atom. The van der Waals surface area contributed by atoms with E-state index in [1.807, 2.05) is 44.2 Å². The number of hydrogen-bond donors (Lipinski definition) is 2. The van der Waals surface area contributed by atoms with Crippen molar-refractivity contribution in [3.63, 3.8) is 0 Å². The summed E-state index contributed by atoms with van der Waals surface area (Å²) in [5.74, 6) is -0.738. The minimum absolute atomic E-state index is 0.170. The first-order valence-corrected chi connectivity index (χ1v) is 7.11. The van der Waals surface area contributed by atoms with Gasteiger partial charge in [0.1, 0.15) is 18.3 Å². The van der Waals surface area contributed by atoms with Crippen LogP contribution in [-0.4, -0.2) is 52.3 Å². The summed E-state index contributed by atoms with van der Waals surface area (Å²) in [5.41, 5.74) is 0.964. The van der Waals surface area contributed by atoms with Crippen molar-refractivity contribution in [2.24, 2.45) is 0 Å². The van der Waals surface area contributed by atoms with Crippen molar-refractivity contribution < 1.29 is 24.5 Å². The molecule has 0 aliphatic carbocycles. The lowest BCUT2D eigenvalue weighted by atomic mass is 10.1. The van der Waals surface area contributed by atoms with E-state index in [0.717, 1.165) is 10.6 Å². The molecule has 0 bridgehead atoms. The fourth-order valence-corrected chi connectivity index (χ4v) is 2.91. The molecule has 2 heterocycles. The fraction of sp³-hybridized carbons (Fsp3) is 0.600. The van der Waals surface area contributed by atoms with E-state index >= 15 is 0 Å². The standard InChI is InChI=1S/C15H21NO5/c1-15(2)20-12-11(9-17)19-14(13(12)21-15)16(18)8-10-6-4-3-5-7-10/h3-7,11-14,17-18H,8-9H2,1-2H3/t11-,12-,13-,14?/m1/s1. The lowest BCUT2D eigenvalue weighted by Crippen LogP contribution is -2.42. The molecule has 0 radical (unpaired) electrons. The molecule has 0 amide bonds. The summed E-state index contributed by atoms with van der Waals surface area (Å²) in [7, 11) is 0. The third kappa shape index (κ3) is 2.96. The quantitative estimate of drug-likeness (QED) is 0.811. The number of hydroxylamine groups is 2. The van der Waals surface area contributed by atoms with Crippen molar-refractivity contribution in [3.05, 3.63) is 35.9 Å². The van der Waals surface area contributed by atoms with E-state index in [9.17, 15) is 10.3 Å². The lowest BCUT2D eigenvalue weighted by Gasteiger charge is -2.28. The second-order valence-electron chi connectivity index (χ2n) is 5.90. The predicted octanol–water partition coefficient (Wildman–Crippen LogP) is 1.12. The number of ether oxygens (including phenoxy) is 3. The van der Waals surface area contributed by atoms with Crippen LogP contribution in [-0.2, 0) is 20.8 Å². The Balaban J connectivity index is 1.72. The molecule has 1 unspecified atom stereocenters. The van der Waals surface area contributed by atoms with Crippen molar-refractivity contribution in [3.8, 4) is 0 Å². The molecular weight excluding hydrogens is 274 g/mol. The van der Waals surface area contributed by atoms with E-state index in [4.69, 9.17) is 14.2 Å². The van der Waals surface area contributed by atoms with Gasteiger partial charge in [0.25, 0.3) is 0 Å². The number of aliphatic hydroxyl groups is 1. The van der Waals surface area contributed by atoms with Crippen LogP contribution in [0.1, 0.15) is 19.4 Å². The van der Waals surface area contributed by atoms with Gasteiger partial charge in [-0.1, -0.05) is 30.3 Å². The van der Waals surface area contributed by atoms with Gasteiger partial charge in [-0.25, -0.2) is 0 Å². The van der Waals surface area contributed by atoms with E-state index in [1.54, 1.807) is 0 Å². The molecule has 1 aromatic carbocycles. The molecule has 0 spiro atoms. The molecule has 2 aliphatic rings. The van der Waals surface area contributed by atoms with Crippen molar-refractivity contribution in [2.45, 2.75) is 50.7 Å². The molecule has 0 aromatic heterocycles. The van der Waals surface area contributed by atoms with E-state index < -0.39 is 24.2 Å². The first-order chi connectivity index (χ1) is 10.00. The minimum Gasteiger partial charge on any atom is -0.394 e. The van der Waals surface area contributed by atoms with Crippen LogP contribution in [0.15, 0.2) is 30.3 Å². The zero-order chi connectivity index (χ0) is 15.0. The van der Waals surface area contributed by atoms with Crippen LogP contribution in [0.25, 0.3) is 0 Å². The summed E-state index contributed by atoms with van der Waals surface area (Å²) >= 11 is 0. The maximum atomic E-state index is 10.3. The van der Waals surface area contributed by atoms with Gasteiger partial charge in [-0.3, -0.25) is 0 Å². The summed E-state index contributed by atoms with van der Waals surface area (Å²) in [4.78, 5) is 0. The Morgan fingerprint density at radius 3 is 2.48 bits per heavy atom. The number of aliphatic hydroxyl groups excluding tert-OH is 1. The Hall–Kier alpha value is -1.02. The molecule has 3 rings (SSSR count). The molecule has 2 saturated heterocycles. The molecular formula is C15H21NO5. The monoisotopic (exact) mass is 295 g/mol. The topological polar surface area (TPSA) is 71.4 Å². The normalized spacial score (nSPS) is 34.3. The molecule has 2 aliphatic heterocycles.